The zero-order valence-electron chi connectivity index (χ0n) is 21.8. The summed E-state index contributed by atoms with van der Waals surface area (Å²) in [5.41, 5.74) is -0.606. The molecule has 41 heavy (non-hydrogen) atoms. The second kappa shape index (κ2) is 13.2. The number of rotatable bonds is 11. The molecule has 3 aromatic rings. The maximum Gasteiger partial charge on any atom is 0.412 e. The summed E-state index contributed by atoms with van der Waals surface area (Å²) in [6.07, 6.45) is -6.21. The van der Waals surface area contributed by atoms with E-state index in [1.807, 2.05) is 0 Å². The maximum absolute atomic E-state index is 14.6. The lowest BCUT2D eigenvalue weighted by atomic mass is 9.99. The van der Waals surface area contributed by atoms with Crippen LogP contribution in [-0.2, 0) is 27.8 Å². The first kappa shape index (κ1) is 32.3. The van der Waals surface area contributed by atoms with Crippen LogP contribution in [0.2, 0.25) is 0 Å². The van der Waals surface area contributed by atoms with Crippen molar-refractivity contribution in [2.24, 2.45) is 0 Å². The second-order valence-electron chi connectivity index (χ2n) is 9.17. The number of sulfonamides is 1. The molecule has 1 N–H and O–H groups in total. The van der Waals surface area contributed by atoms with E-state index >= 15 is 0 Å². The van der Waals surface area contributed by atoms with Gasteiger partial charge in [-0.15, -0.1) is 11.3 Å². The minimum absolute atomic E-state index is 0.0853. The first-order valence-corrected chi connectivity index (χ1v) is 14.3. The van der Waals surface area contributed by atoms with Crippen molar-refractivity contribution < 1.29 is 44.7 Å². The summed E-state index contributed by atoms with van der Waals surface area (Å²) in [5, 5.41) is 12.9. The third-order valence-corrected chi connectivity index (χ3v) is 8.95. The number of alkyl halides is 3. The fraction of sp³-hybridized carbons (Fsp3) is 0.296. The van der Waals surface area contributed by atoms with Crippen LogP contribution < -0.4 is 0 Å². The Morgan fingerprint density at radius 2 is 1.66 bits per heavy atom. The highest BCUT2D eigenvalue weighted by Gasteiger charge is 2.36. The van der Waals surface area contributed by atoms with E-state index in [1.54, 1.807) is 47.8 Å². The Labute approximate surface area is 237 Å². The zero-order valence-corrected chi connectivity index (χ0v) is 23.4. The summed E-state index contributed by atoms with van der Waals surface area (Å²) >= 11 is 1.14. The standard InChI is InChI=1S/C27H26F6N2O4S2/c1-17(27(31,32)33)11-26(37)34(2)23(12-18-7-4-3-5-8-18)24(36)16-35(15-19-9-6-10-40-19)41(38,39)25-14-21(29)20(28)13-22(25)30/h3-11,13-14,23-24,36H,12,15-16H2,1-2H3/b17-11+/t23-,24+/m0/s1. The van der Waals surface area contributed by atoms with Gasteiger partial charge >= 0.3 is 6.18 Å². The van der Waals surface area contributed by atoms with Crippen molar-refractivity contribution in [1.82, 2.24) is 9.21 Å². The van der Waals surface area contributed by atoms with Gasteiger partial charge in [-0.3, -0.25) is 4.79 Å². The van der Waals surface area contributed by atoms with E-state index in [0.29, 0.717) is 27.7 Å². The number of carbonyl (C=O) groups is 1. The Kier molecular flexibility index (Phi) is 10.4. The number of amides is 1. The lowest BCUT2D eigenvalue weighted by molar-refractivity contribution is -0.130. The summed E-state index contributed by atoms with van der Waals surface area (Å²) < 4.78 is 109. The number of aliphatic hydroxyl groups is 1. The van der Waals surface area contributed by atoms with Crippen LogP contribution in [0.25, 0.3) is 0 Å². The number of nitrogens with zero attached hydrogens (tertiary/aromatic N) is 2. The summed E-state index contributed by atoms with van der Waals surface area (Å²) in [6, 6.07) is 10.5. The molecule has 0 fully saturated rings. The monoisotopic (exact) mass is 620 g/mol. The molecule has 0 bridgehead atoms. The molecule has 0 aliphatic carbocycles. The first-order chi connectivity index (χ1) is 19.1. The lowest BCUT2D eigenvalue weighted by Gasteiger charge is -2.34. The van der Waals surface area contributed by atoms with Crippen molar-refractivity contribution in [3.8, 4) is 0 Å². The molecule has 0 spiro atoms. The predicted octanol–water partition coefficient (Wildman–Crippen LogP) is 5.30. The number of carbonyl (C=O) groups excluding carboxylic acids is 1. The Morgan fingerprint density at radius 1 is 1.02 bits per heavy atom. The number of benzene rings is 2. The Bertz CT molecular complexity index is 1480. The molecule has 6 nitrogen and oxygen atoms in total. The number of halogens is 6. The van der Waals surface area contributed by atoms with E-state index in [4.69, 9.17) is 0 Å². The third kappa shape index (κ3) is 8.18. The van der Waals surface area contributed by atoms with Crippen LogP contribution in [0.5, 0.6) is 0 Å². The average molecular weight is 621 g/mol. The minimum Gasteiger partial charge on any atom is -0.390 e. The number of aliphatic hydroxyl groups excluding tert-OH is 1. The van der Waals surface area contributed by atoms with Crippen molar-refractivity contribution in [2.45, 2.75) is 43.1 Å². The smallest absolute Gasteiger partial charge is 0.390 e. The van der Waals surface area contributed by atoms with E-state index in [0.717, 1.165) is 23.3 Å². The van der Waals surface area contributed by atoms with Gasteiger partial charge in [0.05, 0.1) is 12.1 Å². The van der Waals surface area contributed by atoms with Gasteiger partial charge in [0.2, 0.25) is 15.9 Å². The molecule has 2 aromatic carbocycles. The molecule has 0 radical (unpaired) electrons. The number of hydrogen-bond acceptors (Lipinski definition) is 5. The quantitative estimate of drug-likeness (QED) is 0.180. The van der Waals surface area contributed by atoms with E-state index in [2.05, 4.69) is 0 Å². The maximum atomic E-state index is 14.6. The van der Waals surface area contributed by atoms with Gasteiger partial charge < -0.3 is 10.0 Å². The van der Waals surface area contributed by atoms with Crippen LogP contribution in [0.1, 0.15) is 17.4 Å². The van der Waals surface area contributed by atoms with Gasteiger partial charge in [-0.05, 0) is 36.4 Å². The topological polar surface area (TPSA) is 77.9 Å². The van der Waals surface area contributed by atoms with Gasteiger partial charge in [-0.25, -0.2) is 21.6 Å². The average Bonchev–Trinajstić information content (AvgIpc) is 3.41. The highest BCUT2D eigenvalue weighted by atomic mass is 32.2. The van der Waals surface area contributed by atoms with E-state index in [9.17, 15) is 44.7 Å². The normalized spacial score (nSPS) is 14.2. The third-order valence-electron chi connectivity index (χ3n) is 6.26. The second-order valence-corrected chi connectivity index (χ2v) is 12.1. The molecule has 1 heterocycles. The van der Waals surface area contributed by atoms with Crippen LogP contribution in [0, 0.1) is 17.5 Å². The zero-order chi connectivity index (χ0) is 30.5. The fourth-order valence-corrected chi connectivity index (χ4v) is 6.21. The number of allylic oxidation sites excluding steroid dienone is 1. The first-order valence-electron chi connectivity index (χ1n) is 12.0. The molecule has 0 saturated heterocycles. The molecule has 0 aliphatic rings. The van der Waals surface area contributed by atoms with Crippen molar-refractivity contribution in [3.63, 3.8) is 0 Å². The molecule has 1 amide bonds. The van der Waals surface area contributed by atoms with E-state index in [-0.39, 0.29) is 18.6 Å². The van der Waals surface area contributed by atoms with Crippen LogP contribution in [0.3, 0.4) is 0 Å². The molecule has 1 aromatic heterocycles. The molecule has 0 saturated carbocycles. The summed E-state index contributed by atoms with van der Waals surface area (Å²) in [6.45, 7) is -0.464. The minimum atomic E-state index is -4.90. The van der Waals surface area contributed by atoms with Crippen LogP contribution in [0.15, 0.2) is 76.5 Å². The van der Waals surface area contributed by atoms with Gasteiger partial charge in [0.1, 0.15) is 10.7 Å². The molecule has 222 valence electrons. The van der Waals surface area contributed by atoms with E-state index < -0.39 is 75.3 Å². The Morgan fingerprint density at radius 3 is 2.24 bits per heavy atom. The van der Waals surface area contributed by atoms with Gasteiger partial charge in [0.25, 0.3) is 0 Å². The molecule has 0 aliphatic heterocycles. The van der Waals surface area contributed by atoms with Crippen molar-refractivity contribution in [3.05, 3.63) is 99.5 Å². The predicted molar refractivity (Wildman–Crippen MR) is 141 cm³/mol. The molecular weight excluding hydrogens is 594 g/mol. The van der Waals surface area contributed by atoms with Crippen LogP contribution in [0.4, 0.5) is 26.3 Å². The SMILES string of the molecule is C/C(=C\C(=O)N(C)[C@@H](Cc1ccccc1)[C@H](O)CN(Cc1cccs1)S(=O)(=O)c1cc(F)c(F)cc1F)C(F)(F)F. The van der Waals surface area contributed by atoms with Gasteiger partial charge in [0, 0.05) is 42.7 Å². The molecule has 2 atom stereocenters. The van der Waals surface area contributed by atoms with Gasteiger partial charge in [-0.1, -0.05) is 36.4 Å². The highest BCUT2D eigenvalue weighted by molar-refractivity contribution is 7.89. The number of likely N-dealkylation sites (N-methyl/N-ethyl adjacent to an activating group) is 1. The largest absolute Gasteiger partial charge is 0.412 e. The van der Waals surface area contributed by atoms with Gasteiger partial charge in [-0.2, -0.15) is 17.5 Å². The Hall–Kier alpha value is -3.20. The number of thiophene rings is 1. The van der Waals surface area contributed by atoms with Crippen molar-refractivity contribution in [1.29, 1.82) is 0 Å². The summed E-state index contributed by atoms with van der Waals surface area (Å²) in [5.74, 6) is -5.87. The van der Waals surface area contributed by atoms with Crippen LogP contribution >= 0.6 is 11.3 Å². The summed E-state index contributed by atoms with van der Waals surface area (Å²) in [4.78, 5) is 12.9. The van der Waals surface area contributed by atoms with E-state index in [1.165, 1.54) is 0 Å². The van der Waals surface area contributed by atoms with Crippen molar-refractivity contribution >= 4 is 27.3 Å². The molecule has 3 rings (SSSR count). The van der Waals surface area contributed by atoms with Gasteiger partial charge in [0.15, 0.2) is 11.6 Å². The fourth-order valence-electron chi connectivity index (χ4n) is 3.91. The highest BCUT2D eigenvalue weighted by Crippen LogP contribution is 2.27. The molecule has 0 unspecified atom stereocenters. The molecule has 14 heteroatoms. The Balaban J connectivity index is 2.02. The summed E-state index contributed by atoms with van der Waals surface area (Å²) in [7, 11) is -3.74. The van der Waals surface area contributed by atoms with Crippen molar-refractivity contribution in [2.75, 3.05) is 13.6 Å². The lowest BCUT2D eigenvalue weighted by Crippen LogP contribution is -2.51. The van der Waals surface area contributed by atoms with Crippen LogP contribution in [-0.4, -0.2) is 60.6 Å². The molecular formula is C27H26F6N2O4S2. The number of hydrogen-bond donors (Lipinski definition) is 1.